The van der Waals surface area contributed by atoms with E-state index in [-0.39, 0.29) is 29.2 Å². The zero-order valence-electron chi connectivity index (χ0n) is 12.9. The molecule has 3 heterocycles. The molecule has 1 fully saturated rings. The van der Waals surface area contributed by atoms with Gasteiger partial charge in [0.2, 0.25) is 5.91 Å². The molecule has 1 aliphatic carbocycles. The van der Waals surface area contributed by atoms with E-state index in [1.165, 1.54) is 28.6 Å². The Morgan fingerprint density at radius 3 is 3.04 bits per heavy atom. The van der Waals surface area contributed by atoms with Crippen molar-refractivity contribution < 1.29 is 13.2 Å². The lowest BCUT2D eigenvalue weighted by Crippen LogP contribution is -2.36. The van der Waals surface area contributed by atoms with Crippen molar-refractivity contribution in [2.75, 3.05) is 17.3 Å². The van der Waals surface area contributed by atoms with Crippen LogP contribution in [0.4, 0.5) is 0 Å². The minimum atomic E-state index is -2.98. The zero-order chi connectivity index (χ0) is 16.7. The number of nitrogens with zero attached hydrogens (tertiary/aromatic N) is 2. The van der Waals surface area contributed by atoms with Crippen molar-refractivity contribution in [3.05, 3.63) is 16.8 Å². The number of carbonyl (C=O) groups excluding carboxylic acids is 1. The first-order chi connectivity index (χ1) is 11.5. The number of hydrogen-bond donors (Lipinski definition) is 1. The van der Waals surface area contributed by atoms with Gasteiger partial charge in [0.15, 0.2) is 9.84 Å². The Morgan fingerprint density at radius 1 is 1.38 bits per heavy atom. The summed E-state index contributed by atoms with van der Waals surface area (Å²) in [6, 6.07) is -0.251. The van der Waals surface area contributed by atoms with E-state index >= 15 is 0 Å². The van der Waals surface area contributed by atoms with Crippen LogP contribution in [0.1, 0.15) is 23.3 Å². The van der Waals surface area contributed by atoms with Crippen LogP contribution in [-0.2, 0) is 27.5 Å². The minimum Gasteiger partial charge on any atom is -0.352 e. The smallest absolute Gasteiger partial charge is 0.230 e. The number of carbonyl (C=O) groups is 1. The summed E-state index contributed by atoms with van der Waals surface area (Å²) in [5.74, 6) is 0.325. The number of nitrogens with one attached hydrogen (secondary N) is 1. The van der Waals surface area contributed by atoms with E-state index in [1.807, 2.05) is 0 Å². The Hall–Kier alpha value is -1.19. The SMILES string of the molecule is O=C(CSc1ncnc2sc3c(c12)CCC3)NC1CCS(=O)(=O)C1. The van der Waals surface area contributed by atoms with Crippen LogP contribution in [0.3, 0.4) is 0 Å². The van der Waals surface area contributed by atoms with Crippen LogP contribution in [0.2, 0.25) is 0 Å². The minimum absolute atomic E-state index is 0.0548. The quantitative estimate of drug-likeness (QED) is 0.637. The molecule has 24 heavy (non-hydrogen) atoms. The Balaban J connectivity index is 1.44. The van der Waals surface area contributed by atoms with Crippen molar-refractivity contribution in [2.24, 2.45) is 0 Å². The van der Waals surface area contributed by atoms with Gasteiger partial charge in [-0.05, 0) is 31.2 Å². The first kappa shape index (κ1) is 16.3. The molecule has 1 saturated heterocycles. The third-order valence-electron chi connectivity index (χ3n) is 4.40. The highest BCUT2D eigenvalue weighted by Gasteiger charge is 2.29. The van der Waals surface area contributed by atoms with E-state index < -0.39 is 9.84 Å². The molecule has 0 saturated carbocycles. The van der Waals surface area contributed by atoms with Gasteiger partial charge in [-0.2, -0.15) is 0 Å². The number of sulfone groups is 1. The van der Waals surface area contributed by atoms with Gasteiger partial charge in [0.25, 0.3) is 0 Å². The van der Waals surface area contributed by atoms with Gasteiger partial charge in [-0.25, -0.2) is 18.4 Å². The average Bonchev–Trinajstić information content (AvgIpc) is 3.19. The molecule has 0 aromatic carbocycles. The summed E-state index contributed by atoms with van der Waals surface area (Å²) in [6.45, 7) is 0. The molecule has 128 valence electrons. The van der Waals surface area contributed by atoms with Crippen molar-refractivity contribution in [3.8, 4) is 0 Å². The summed E-state index contributed by atoms with van der Waals surface area (Å²) < 4.78 is 22.9. The summed E-state index contributed by atoms with van der Waals surface area (Å²) in [6.07, 6.45) is 5.40. The third-order valence-corrected chi connectivity index (χ3v) is 8.36. The highest BCUT2D eigenvalue weighted by Crippen LogP contribution is 2.39. The van der Waals surface area contributed by atoms with Gasteiger partial charge in [-0.15, -0.1) is 11.3 Å². The summed E-state index contributed by atoms with van der Waals surface area (Å²) >= 11 is 3.14. The predicted octanol–water partition coefficient (Wildman–Crippen LogP) is 1.58. The maximum absolute atomic E-state index is 12.1. The fourth-order valence-corrected chi connectivity index (χ4v) is 7.13. The maximum Gasteiger partial charge on any atom is 0.230 e. The fourth-order valence-electron chi connectivity index (χ4n) is 3.32. The largest absolute Gasteiger partial charge is 0.352 e. The lowest BCUT2D eigenvalue weighted by molar-refractivity contribution is -0.119. The Kier molecular flexibility index (Phi) is 4.26. The molecule has 0 bridgehead atoms. The van der Waals surface area contributed by atoms with Gasteiger partial charge in [-0.1, -0.05) is 11.8 Å². The second-order valence-electron chi connectivity index (χ2n) is 6.17. The van der Waals surface area contributed by atoms with Crippen molar-refractivity contribution in [3.63, 3.8) is 0 Å². The first-order valence-corrected chi connectivity index (χ1v) is 11.5. The highest BCUT2D eigenvalue weighted by molar-refractivity contribution is 8.00. The zero-order valence-corrected chi connectivity index (χ0v) is 15.4. The number of thioether (sulfide) groups is 1. The van der Waals surface area contributed by atoms with Crippen LogP contribution in [0.15, 0.2) is 11.4 Å². The molecule has 4 rings (SSSR count). The van der Waals surface area contributed by atoms with Gasteiger partial charge in [-0.3, -0.25) is 4.79 Å². The average molecular weight is 384 g/mol. The van der Waals surface area contributed by atoms with Gasteiger partial charge in [0.1, 0.15) is 16.2 Å². The maximum atomic E-state index is 12.1. The standard InChI is InChI=1S/C15H17N3O3S3/c19-12(18-9-4-5-24(20,21)7-9)6-22-14-13-10-2-1-3-11(10)23-15(13)17-8-16-14/h8-9H,1-7H2,(H,18,19). The number of hydrogen-bond acceptors (Lipinski definition) is 7. The molecule has 1 aliphatic heterocycles. The summed E-state index contributed by atoms with van der Waals surface area (Å²) in [4.78, 5) is 23.2. The predicted molar refractivity (Wildman–Crippen MR) is 95.4 cm³/mol. The number of fused-ring (bicyclic) bond motifs is 3. The molecule has 6 nitrogen and oxygen atoms in total. The number of rotatable bonds is 4. The molecular formula is C15H17N3O3S3. The fraction of sp³-hybridized carbons (Fsp3) is 0.533. The second-order valence-corrected chi connectivity index (χ2v) is 10.4. The number of thiophene rings is 1. The topological polar surface area (TPSA) is 89.0 Å². The molecule has 0 spiro atoms. The molecule has 2 aromatic rings. The third kappa shape index (κ3) is 3.16. The van der Waals surface area contributed by atoms with E-state index in [4.69, 9.17) is 0 Å². The van der Waals surface area contributed by atoms with Crippen LogP contribution in [0.5, 0.6) is 0 Å². The molecule has 1 unspecified atom stereocenters. The van der Waals surface area contributed by atoms with Crippen molar-refractivity contribution in [1.29, 1.82) is 0 Å². The molecule has 0 radical (unpaired) electrons. The highest BCUT2D eigenvalue weighted by atomic mass is 32.2. The van der Waals surface area contributed by atoms with E-state index in [0.29, 0.717) is 6.42 Å². The normalized spacial score (nSPS) is 21.9. The monoisotopic (exact) mass is 383 g/mol. The van der Waals surface area contributed by atoms with Crippen LogP contribution >= 0.6 is 23.1 Å². The van der Waals surface area contributed by atoms with Crippen LogP contribution < -0.4 is 5.32 Å². The molecule has 1 amide bonds. The van der Waals surface area contributed by atoms with E-state index in [0.717, 1.165) is 28.1 Å². The molecule has 9 heteroatoms. The van der Waals surface area contributed by atoms with E-state index in [9.17, 15) is 13.2 Å². The number of aryl methyl sites for hydroxylation is 2. The van der Waals surface area contributed by atoms with Gasteiger partial charge >= 0.3 is 0 Å². The summed E-state index contributed by atoms with van der Waals surface area (Å²) in [5.41, 5.74) is 1.35. The van der Waals surface area contributed by atoms with Crippen molar-refractivity contribution in [1.82, 2.24) is 15.3 Å². The van der Waals surface area contributed by atoms with Crippen LogP contribution in [-0.4, -0.2) is 47.6 Å². The first-order valence-electron chi connectivity index (χ1n) is 7.90. The second kappa shape index (κ2) is 6.27. The van der Waals surface area contributed by atoms with Crippen LogP contribution in [0.25, 0.3) is 10.2 Å². The van der Waals surface area contributed by atoms with E-state index in [1.54, 1.807) is 17.7 Å². The van der Waals surface area contributed by atoms with Crippen molar-refractivity contribution >= 4 is 49.1 Å². The van der Waals surface area contributed by atoms with Gasteiger partial charge in [0, 0.05) is 16.3 Å². The van der Waals surface area contributed by atoms with Gasteiger partial charge in [0.05, 0.1) is 17.3 Å². The van der Waals surface area contributed by atoms with E-state index in [2.05, 4.69) is 15.3 Å². The van der Waals surface area contributed by atoms with Crippen molar-refractivity contribution in [2.45, 2.75) is 36.8 Å². The van der Waals surface area contributed by atoms with Gasteiger partial charge < -0.3 is 5.32 Å². The summed E-state index contributed by atoms with van der Waals surface area (Å²) in [5, 5.41) is 4.78. The lowest BCUT2D eigenvalue weighted by atomic mass is 10.2. The molecule has 2 aromatic heterocycles. The molecular weight excluding hydrogens is 366 g/mol. The Labute approximate surface area is 148 Å². The Morgan fingerprint density at radius 2 is 2.25 bits per heavy atom. The molecule has 1 atom stereocenters. The van der Waals surface area contributed by atoms with Crippen LogP contribution in [0, 0.1) is 0 Å². The lowest BCUT2D eigenvalue weighted by Gasteiger charge is -2.10. The number of aromatic nitrogens is 2. The Bertz CT molecular complexity index is 907. The summed E-state index contributed by atoms with van der Waals surface area (Å²) in [7, 11) is -2.98. The molecule has 2 aliphatic rings. The molecule has 1 N–H and O–H groups in total. The number of amides is 1.